The van der Waals surface area contributed by atoms with Crippen LogP contribution in [0.3, 0.4) is 0 Å². The van der Waals surface area contributed by atoms with Gasteiger partial charge in [0.15, 0.2) is 0 Å². The molecular formula is C11H11IO2. The van der Waals surface area contributed by atoms with Crippen molar-refractivity contribution in [3.05, 3.63) is 45.6 Å². The molecule has 1 N–H and O–H groups in total. The number of carboxylic acid groups (broad SMARTS) is 1. The molecule has 0 spiro atoms. The lowest BCUT2D eigenvalue weighted by Crippen LogP contribution is -2.01. The van der Waals surface area contributed by atoms with E-state index in [1.54, 1.807) is 0 Å². The summed E-state index contributed by atoms with van der Waals surface area (Å²) in [7, 11) is 0. The van der Waals surface area contributed by atoms with E-state index in [0.29, 0.717) is 6.42 Å². The molecule has 0 bridgehead atoms. The van der Waals surface area contributed by atoms with Crippen molar-refractivity contribution < 1.29 is 9.90 Å². The molecule has 0 aromatic heterocycles. The van der Waals surface area contributed by atoms with Crippen molar-refractivity contribution in [2.75, 3.05) is 0 Å². The van der Waals surface area contributed by atoms with Crippen LogP contribution in [0, 0.1) is 3.57 Å². The van der Waals surface area contributed by atoms with Crippen LogP contribution < -0.4 is 0 Å². The van der Waals surface area contributed by atoms with Crippen LogP contribution in [0.1, 0.15) is 12.0 Å². The van der Waals surface area contributed by atoms with Crippen molar-refractivity contribution >= 4 is 28.6 Å². The third-order valence-electron chi connectivity index (χ3n) is 1.96. The minimum atomic E-state index is -0.907. The Hall–Kier alpha value is -0.840. The Balaban J connectivity index is 2.58. The molecule has 0 radical (unpaired) electrons. The maximum atomic E-state index is 10.5. The third kappa shape index (κ3) is 3.14. The fraction of sp³-hybridized carbons (Fsp3) is 0.182. The van der Waals surface area contributed by atoms with Crippen molar-refractivity contribution in [2.24, 2.45) is 0 Å². The number of rotatable bonds is 4. The van der Waals surface area contributed by atoms with Crippen molar-refractivity contribution in [1.82, 2.24) is 0 Å². The Labute approximate surface area is 96.8 Å². The van der Waals surface area contributed by atoms with Crippen molar-refractivity contribution in [3.8, 4) is 0 Å². The summed E-state index contributed by atoms with van der Waals surface area (Å²) < 4.78 is 1.17. The van der Waals surface area contributed by atoms with E-state index in [2.05, 4.69) is 29.2 Å². The van der Waals surface area contributed by atoms with Gasteiger partial charge in [-0.1, -0.05) is 24.8 Å². The first-order valence-electron chi connectivity index (χ1n) is 4.25. The second kappa shape index (κ2) is 5.14. The highest BCUT2D eigenvalue weighted by Crippen LogP contribution is 2.15. The Kier molecular flexibility index (Phi) is 4.13. The van der Waals surface area contributed by atoms with Crippen LogP contribution in [0.2, 0.25) is 0 Å². The van der Waals surface area contributed by atoms with E-state index in [1.807, 2.05) is 24.3 Å². The first-order chi connectivity index (χ1) is 6.61. The van der Waals surface area contributed by atoms with E-state index in [9.17, 15) is 4.79 Å². The van der Waals surface area contributed by atoms with Crippen molar-refractivity contribution in [1.29, 1.82) is 0 Å². The molecule has 1 rings (SSSR count). The Morgan fingerprint density at radius 2 is 2.07 bits per heavy atom. The molecular weight excluding hydrogens is 291 g/mol. The minimum absolute atomic E-state index is 0.268. The summed E-state index contributed by atoms with van der Waals surface area (Å²) in [6, 6.07) is 7.95. The maximum Gasteiger partial charge on any atom is 0.330 e. The number of hydrogen-bond donors (Lipinski definition) is 1. The third-order valence-corrected chi connectivity index (χ3v) is 3.01. The molecule has 0 unspecified atom stereocenters. The molecule has 2 nitrogen and oxygen atoms in total. The summed E-state index contributed by atoms with van der Waals surface area (Å²) in [5, 5.41) is 8.63. The molecule has 1 aromatic rings. The molecule has 0 aliphatic carbocycles. The highest BCUT2D eigenvalue weighted by Gasteiger charge is 2.05. The SMILES string of the molecule is C=C(CCc1ccccc1I)C(=O)O. The lowest BCUT2D eigenvalue weighted by molar-refractivity contribution is -0.132. The molecule has 0 saturated carbocycles. The first-order valence-corrected chi connectivity index (χ1v) is 5.33. The molecule has 0 amide bonds. The number of halogens is 1. The fourth-order valence-electron chi connectivity index (χ4n) is 1.09. The summed E-state index contributed by atoms with van der Waals surface area (Å²) >= 11 is 2.25. The van der Waals surface area contributed by atoms with Gasteiger partial charge < -0.3 is 5.11 Å². The summed E-state index contributed by atoms with van der Waals surface area (Å²) in [5.41, 5.74) is 1.44. The molecule has 0 aliphatic rings. The van der Waals surface area contributed by atoms with Crippen molar-refractivity contribution in [2.45, 2.75) is 12.8 Å². The van der Waals surface area contributed by atoms with Crippen LogP contribution in [0.5, 0.6) is 0 Å². The van der Waals surface area contributed by atoms with Crippen LogP contribution in [-0.4, -0.2) is 11.1 Å². The summed E-state index contributed by atoms with van der Waals surface area (Å²) in [6.45, 7) is 3.50. The van der Waals surface area contributed by atoms with Gasteiger partial charge in [-0.3, -0.25) is 0 Å². The van der Waals surface area contributed by atoms with Gasteiger partial charge in [0, 0.05) is 9.14 Å². The van der Waals surface area contributed by atoms with E-state index < -0.39 is 5.97 Å². The van der Waals surface area contributed by atoms with Crippen LogP contribution >= 0.6 is 22.6 Å². The Bertz CT molecular complexity index is 358. The highest BCUT2D eigenvalue weighted by molar-refractivity contribution is 14.1. The summed E-state index contributed by atoms with van der Waals surface area (Å²) in [5.74, 6) is -0.907. The van der Waals surface area contributed by atoms with Crippen LogP contribution in [-0.2, 0) is 11.2 Å². The van der Waals surface area contributed by atoms with E-state index in [4.69, 9.17) is 5.11 Å². The topological polar surface area (TPSA) is 37.3 Å². The lowest BCUT2D eigenvalue weighted by Gasteiger charge is -2.03. The van der Waals surface area contributed by atoms with E-state index in [1.165, 1.54) is 9.13 Å². The normalized spacial score (nSPS) is 9.79. The number of carboxylic acids is 1. The van der Waals surface area contributed by atoms with Gasteiger partial charge in [0.1, 0.15) is 0 Å². The van der Waals surface area contributed by atoms with Crippen LogP contribution in [0.15, 0.2) is 36.4 Å². The number of benzene rings is 1. The Morgan fingerprint density at radius 1 is 1.43 bits per heavy atom. The predicted molar refractivity (Wildman–Crippen MR) is 64.3 cm³/mol. The monoisotopic (exact) mass is 302 g/mol. The first kappa shape index (κ1) is 11.2. The van der Waals surface area contributed by atoms with Gasteiger partial charge in [0.05, 0.1) is 0 Å². The molecule has 0 heterocycles. The molecule has 14 heavy (non-hydrogen) atoms. The average Bonchev–Trinajstić information content (AvgIpc) is 2.16. The quantitative estimate of drug-likeness (QED) is 0.686. The molecule has 3 heteroatoms. The zero-order chi connectivity index (χ0) is 10.6. The molecule has 0 fully saturated rings. The van der Waals surface area contributed by atoms with Gasteiger partial charge in [-0.25, -0.2) is 4.79 Å². The minimum Gasteiger partial charge on any atom is -0.478 e. The van der Waals surface area contributed by atoms with E-state index in [-0.39, 0.29) is 5.57 Å². The van der Waals surface area contributed by atoms with Gasteiger partial charge >= 0.3 is 5.97 Å². The van der Waals surface area contributed by atoms with Gasteiger partial charge in [-0.15, -0.1) is 0 Å². The second-order valence-corrected chi connectivity index (χ2v) is 4.16. The smallest absolute Gasteiger partial charge is 0.330 e. The summed E-state index contributed by atoms with van der Waals surface area (Å²) in [6.07, 6.45) is 1.25. The zero-order valence-electron chi connectivity index (χ0n) is 7.66. The van der Waals surface area contributed by atoms with E-state index >= 15 is 0 Å². The number of hydrogen-bond acceptors (Lipinski definition) is 1. The van der Waals surface area contributed by atoms with Crippen molar-refractivity contribution in [3.63, 3.8) is 0 Å². The predicted octanol–water partition coefficient (Wildman–Crippen LogP) is 2.86. The Morgan fingerprint density at radius 3 is 2.64 bits per heavy atom. The molecule has 0 saturated heterocycles. The number of aliphatic carboxylic acids is 1. The van der Waals surface area contributed by atoms with Gasteiger partial charge in [-0.2, -0.15) is 0 Å². The maximum absolute atomic E-state index is 10.5. The number of aryl methyl sites for hydroxylation is 1. The fourth-order valence-corrected chi connectivity index (χ4v) is 1.75. The molecule has 1 aromatic carbocycles. The van der Waals surface area contributed by atoms with Crippen LogP contribution in [0.4, 0.5) is 0 Å². The van der Waals surface area contributed by atoms with Gasteiger partial charge in [0.2, 0.25) is 0 Å². The average molecular weight is 302 g/mol. The van der Waals surface area contributed by atoms with Gasteiger partial charge in [-0.05, 0) is 47.1 Å². The summed E-state index contributed by atoms with van der Waals surface area (Å²) in [4.78, 5) is 10.5. The standard InChI is InChI=1S/C11H11IO2/c1-8(11(13)14)6-7-9-4-2-3-5-10(9)12/h2-5H,1,6-7H2,(H,13,14). The number of carbonyl (C=O) groups is 1. The largest absolute Gasteiger partial charge is 0.478 e. The molecule has 74 valence electrons. The van der Waals surface area contributed by atoms with Gasteiger partial charge in [0.25, 0.3) is 0 Å². The lowest BCUT2D eigenvalue weighted by atomic mass is 10.1. The van der Waals surface area contributed by atoms with E-state index in [0.717, 1.165) is 6.42 Å². The zero-order valence-corrected chi connectivity index (χ0v) is 9.82. The molecule has 0 atom stereocenters. The molecule has 0 aliphatic heterocycles. The van der Waals surface area contributed by atoms with Crippen LogP contribution in [0.25, 0.3) is 0 Å². The second-order valence-electron chi connectivity index (χ2n) is 3.00. The highest BCUT2D eigenvalue weighted by atomic mass is 127.